The first-order valence-corrected chi connectivity index (χ1v) is 8.98. The molecule has 0 atom stereocenters. The fourth-order valence-corrected chi connectivity index (χ4v) is 3.32. The molecule has 2 aromatic heterocycles. The lowest BCUT2D eigenvalue weighted by atomic mass is 10.2. The number of nitrogens with zero attached hydrogens (tertiary/aromatic N) is 6. The van der Waals surface area contributed by atoms with Crippen LogP contribution in [0.25, 0.3) is 22.8 Å². The predicted octanol–water partition coefficient (Wildman–Crippen LogP) is 5.15. The van der Waals surface area contributed by atoms with E-state index in [-0.39, 0.29) is 22.1 Å². The lowest BCUT2D eigenvalue weighted by Gasteiger charge is -2.14. The van der Waals surface area contributed by atoms with E-state index in [4.69, 9.17) is 23.2 Å². The van der Waals surface area contributed by atoms with Gasteiger partial charge in [0.1, 0.15) is 0 Å². The highest BCUT2D eigenvalue weighted by atomic mass is 35.5. The van der Waals surface area contributed by atoms with Crippen LogP contribution < -0.4 is 0 Å². The van der Waals surface area contributed by atoms with Crippen LogP contribution in [0.4, 0.5) is 13.2 Å². The largest absolute Gasteiger partial charge is 0.434 e. The van der Waals surface area contributed by atoms with Gasteiger partial charge in [-0.25, -0.2) is 4.68 Å². The summed E-state index contributed by atoms with van der Waals surface area (Å²) in [6.45, 7) is 1.89. The van der Waals surface area contributed by atoms with Crippen molar-refractivity contribution in [3.8, 4) is 22.8 Å². The van der Waals surface area contributed by atoms with Crippen molar-refractivity contribution in [2.45, 2.75) is 13.1 Å². The predicted molar refractivity (Wildman–Crippen MR) is 101 cm³/mol. The van der Waals surface area contributed by atoms with Crippen LogP contribution in [0.2, 0.25) is 10.0 Å². The fourth-order valence-electron chi connectivity index (χ4n) is 2.84. The Kier molecular flexibility index (Phi) is 4.79. The summed E-state index contributed by atoms with van der Waals surface area (Å²) in [5.41, 5.74) is 0.202. The number of aromatic nitrogens is 6. The van der Waals surface area contributed by atoms with E-state index in [0.29, 0.717) is 15.4 Å². The lowest BCUT2D eigenvalue weighted by molar-refractivity contribution is -0.142. The van der Waals surface area contributed by atoms with Crippen molar-refractivity contribution >= 4 is 23.2 Å². The molecule has 4 rings (SSSR count). The number of hydrogen-bond donors (Lipinski definition) is 0. The monoisotopic (exact) mass is 438 g/mol. The standard InChI is InChI=1S/C18H11Cl2F3N6/c1-10-2-5-12(6-3-10)28-17(25-26-27-28)13-9-24-29(16(13)18(21,22)23)15-7-4-11(19)8-14(15)20/h2-9H,1H3. The summed E-state index contributed by atoms with van der Waals surface area (Å²) < 4.78 is 44.0. The first-order chi connectivity index (χ1) is 13.8. The number of rotatable bonds is 3. The van der Waals surface area contributed by atoms with Gasteiger partial charge in [0.2, 0.25) is 0 Å². The van der Waals surface area contributed by atoms with Gasteiger partial charge in [-0.15, -0.1) is 5.10 Å². The molecule has 0 fully saturated rings. The molecule has 6 nitrogen and oxygen atoms in total. The number of hydrogen-bond acceptors (Lipinski definition) is 4. The Morgan fingerprint density at radius 1 is 0.966 bits per heavy atom. The molecular formula is C18H11Cl2F3N6. The number of alkyl halides is 3. The van der Waals surface area contributed by atoms with E-state index in [9.17, 15) is 13.2 Å². The molecule has 0 aliphatic rings. The van der Waals surface area contributed by atoms with E-state index in [2.05, 4.69) is 20.6 Å². The van der Waals surface area contributed by atoms with E-state index < -0.39 is 11.9 Å². The SMILES string of the molecule is Cc1ccc(-n2nnnc2-c2cnn(-c3ccc(Cl)cc3Cl)c2C(F)(F)F)cc1. The highest BCUT2D eigenvalue weighted by Gasteiger charge is 2.40. The quantitative estimate of drug-likeness (QED) is 0.443. The van der Waals surface area contributed by atoms with Crippen LogP contribution in [0.15, 0.2) is 48.7 Å². The second kappa shape index (κ2) is 7.16. The van der Waals surface area contributed by atoms with E-state index in [1.165, 1.54) is 22.9 Å². The molecule has 0 aliphatic heterocycles. The second-order valence-electron chi connectivity index (χ2n) is 6.16. The topological polar surface area (TPSA) is 61.4 Å². The van der Waals surface area contributed by atoms with Gasteiger partial charge in [-0.2, -0.15) is 23.0 Å². The average Bonchev–Trinajstić information content (AvgIpc) is 3.28. The zero-order valence-electron chi connectivity index (χ0n) is 14.7. The van der Waals surface area contributed by atoms with Crippen LogP contribution in [0.5, 0.6) is 0 Å². The molecule has 0 radical (unpaired) electrons. The molecule has 0 aliphatic carbocycles. The summed E-state index contributed by atoms with van der Waals surface area (Å²) in [5.74, 6) is -0.0995. The second-order valence-corrected chi connectivity index (χ2v) is 7.01. The number of aryl methyl sites for hydroxylation is 1. The van der Waals surface area contributed by atoms with Gasteiger partial charge in [0.15, 0.2) is 11.5 Å². The van der Waals surface area contributed by atoms with Gasteiger partial charge in [0.05, 0.1) is 28.2 Å². The van der Waals surface area contributed by atoms with Crippen LogP contribution in [0.3, 0.4) is 0 Å². The highest BCUT2D eigenvalue weighted by molar-refractivity contribution is 6.35. The molecule has 0 saturated heterocycles. The van der Waals surface area contributed by atoms with Crippen molar-refractivity contribution in [1.82, 2.24) is 30.0 Å². The Hall–Kier alpha value is -2.91. The maximum absolute atomic E-state index is 14.0. The Labute approximate surface area is 172 Å². The number of tetrazole rings is 1. The van der Waals surface area contributed by atoms with Gasteiger partial charge in [0.25, 0.3) is 0 Å². The molecule has 4 aromatic rings. The van der Waals surface area contributed by atoms with E-state index in [1.807, 2.05) is 19.1 Å². The third kappa shape index (κ3) is 3.58. The van der Waals surface area contributed by atoms with E-state index in [0.717, 1.165) is 11.8 Å². The smallest absolute Gasteiger partial charge is 0.226 e. The summed E-state index contributed by atoms with van der Waals surface area (Å²) in [6.07, 6.45) is -3.69. The zero-order chi connectivity index (χ0) is 20.8. The molecular weight excluding hydrogens is 428 g/mol. The van der Waals surface area contributed by atoms with Crippen LogP contribution in [0.1, 0.15) is 11.3 Å². The first-order valence-electron chi connectivity index (χ1n) is 8.22. The maximum Gasteiger partial charge on any atom is 0.434 e. The van der Waals surface area contributed by atoms with Gasteiger partial charge in [-0.3, -0.25) is 0 Å². The zero-order valence-corrected chi connectivity index (χ0v) is 16.2. The minimum absolute atomic E-state index is 0.0239. The van der Waals surface area contributed by atoms with E-state index >= 15 is 0 Å². The van der Waals surface area contributed by atoms with Crippen LogP contribution in [-0.4, -0.2) is 30.0 Å². The highest BCUT2D eigenvalue weighted by Crippen LogP contribution is 2.39. The van der Waals surface area contributed by atoms with Crippen molar-refractivity contribution in [1.29, 1.82) is 0 Å². The van der Waals surface area contributed by atoms with Crippen LogP contribution in [0, 0.1) is 6.92 Å². The lowest BCUT2D eigenvalue weighted by Crippen LogP contribution is -2.15. The Morgan fingerprint density at radius 2 is 1.69 bits per heavy atom. The average molecular weight is 439 g/mol. The first kappa shape index (κ1) is 19.4. The van der Waals surface area contributed by atoms with Gasteiger partial charge in [0, 0.05) is 5.02 Å². The normalized spacial score (nSPS) is 11.8. The Bertz CT molecular complexity index is 1180. The minimum atomic E-state index is -4.75. The summed E-state index contributed by atoms with van der Waals surface area (Å²) in [6, 6.07) is 11.2. The molecule has 2 heterocycles. The molecule has 29 heavy (non-hydrogen) atoms. The summed E-state index contributed by atoms with van der Waals surface area (Å²) in [7, 11) is 0. The fraction of sp³-hybridized carbons (Fsp3) is 0.111. The van der Waals surface area contributed by atoms with Gasteiger partial charge in [-0.1, -0.05) is 40.9 Å². The maximum atomic E-state index is 14.0. The Balaban J connectivity index is 1.92. The van der Waals surface area contributed by atoms with Gasteiger partial charge >= 0.3 is 6.18 Å². The number of benzene rings is 2. The Morgan fingerprint density at radius 3 is 2.34 bits per heavy atom. The minimum Gasteiger partial charge on any atom is -0.226 e. The van der Waals surface area contributed by atoms with E-state index in [1.54, 1.807) is 12.1 Å². The van der Waals surface area contributed by atoms with Gasteiger partial charge < -0.3 is 0 Å². The molecule has 0 bridgehead atoms. The van der Waals surface area contributed by atoms with Crippen molar-refractivity contribution in [2.75, 3.05) is 0 Å². The third-order valence-corrected chi connectivity index (χ3v) is 4.70. The van der Waals surface area contributed by atoms with Crippen LogP contribution >= 0.6 is 23.2 Å². The van der Waals surface area contributed by atoms with Crippen molar-refractivity contribution in [3.63, 3.8) is 0 Å². The molecule has 2 aromatic carbocycles. The molecule has 11 heteroatoms. The number of halogens is 5. The summed E-state index contributed by atoms with van der Waals surface area (Å²) >= 11 is 12.0. The van der Waals surface area contributed by atoms with Crippen molar-refractivity contribution < 1.29 is 13.2 Å². The summed E-state index contributed by atoms with van der Waals surface area (Å²) in [4.78, 5) is 0. The molecule has 0 spiro atoms. The van der Waals surface area contributed by atoms with Crippen molar-refractivity contribution in [2.24, 2.45) is 0 Å². The molecule has 0 N–H and O–H groups in total. The molecule has 0 unspecified atom stereocenters. The molecule has 148 valence electrons. The summed E-state index contributed by atoms with van der Waals surface area (Å²) in [5, 5.41) is 15.4. The molecule has 0 saturated carbocycles. The molecule has 0 amide bonds. The third-order valence-electron chi connectivity index (χ3n) is 4.16. The van der Waals surface area contributed by atoms with Crippen molar-refractivity contribution in [3.05, 3.63) is 70.0 Å². The van der Waals surface area contributed by atoms with Crippen LogP contribution in [-0.2, 0) is 6.18 Å². The van der Waals surface area contributed by atoms with Gasteiger partial charge in [-0.05, 0) is 47.7 Å².